The summed E-state index contributed by atoms with van der Waals surface area (Å²) >= 11 is 0. The third-order valence-electron chi connectivity index (χ3n) is 4.69. The number of aromatic amines is 1. The van der Waals surface area contributed by atoms with Gasteiger partial charge < -0.3 is 15.0 Å². The summed E-state index contributed by atoms with van der Waals surface area (Å²) in [5, 5.41) is 9.71. The number of hydrogen-bond donors (Lipinski definition) is 2. The van der Waals surface area contributed by atoms with Gasteiger partial charge in [-0.1, -0.05) is 18.2 Å². The molecule has 1 saturated heterocycles. The highest BCUT2D eigenvalue weighted by Gasteiger charge is 2.19. The van der Waals surface area contributed by atoms with Crippen molar-refractivity contribution in [3.05, 3.63) is 54.0 Å². The molecule has 1 aliphatic heterocycles. The number of rotatable bonds is 4. The molecule has 0 radical (unpaired) electrons. The zero-order valence-electron chi connectivity index (χ0n) is 14.4. The number of hydrogen-bond acceptors (Lipinski definition) is 5. The number of aliphatic hydroxyl groups is 1. The molecule has 3 heterocycles. The third kappa shape index (κ3) is 3.50. The van der Waals surface area contributed by atoms with Crippen LogP contribution in [-0.2, 0) is 6.54 Å². The fourth-order valence-corrected chi connectivity index (χ4v) is 3.28. The van der Waals surface area contributed by atoms with Gasteiger partial charge in [0.1, 0.15) is 11.6 Å². The quantitative estimate of drug-likeness (QED) is 0.765. The molecule has 130 valence electrons. The number of benzene rings is 1. The molecule has 1 aromatic carbocycles. The van der Waals surface area contributed by atoms with E-state index in [-0.39, 0.29) is 0 Å². The predicted molar refractivity (Wildman–Crippen MR) is 98.5 cm³/mol. The van der Waals surface area contributed by atoms with Gasteiger partial charge >= 0.3 is 0 Å². The van der Waals surface area contributed by atoms with E-state index in [1.165, 1.54) is 0 Å². The minimum absolute atomic E-state index is 0.533. The summed E-state index contributed by atoms with van der Waals surface area (Å²) in [6.45, 7) is 6.38. The standard InChI is InChI=1S/C19H23N5O/c1-14(25)15-7-4-8-19(22-15)24-11-9-23(10-12-24)13-18-20-16-5-2-3-6-17(16)21-18/h2-8,14,25H,9-13H2,1H3,(H,20,21). The maximum absolute atomic E-state index is 9.71. The number of aliphatic hydroxyl groups excluding tert-OH is 1. The molecule has 0 bridgehead atoms. The predicted octanol–water partition coefficient (Wildman–Crippen LogP) is 2.33. The highest BCUT2D eigenvalue weighted by molar-refractivity contribution is 5.74. The van der Waals surface area contributed by atoms with E-state index < -0.39 is 6.10 Å². The summed E-state index contributed by atoms with van der Waals surface area (Å²) in [6.07, 6.45) is -0.533. The van der Waals surface area contributed by atoms with Crippen molar-refractivity contribution >= 4 is 16.9 Å². The lowest BCUT2D eigenvalue weighted by Crippen LogP contribution is -2.46. The number of nitrogens with one attached hydrogen (secondary N) is 1. The molecule has 0 amide bonds. The monoisotopic (exact) mass is 337 g/mol. The van der Waals surface area contributed by atoms with Crippen LogP contribution in [0.4, 0.5) is 5.82 Å². The van der Waals surface area contributed by atoms with Crippen molar-refractivity contribution in [2.45, 2.75) is 19.6 Å². The number of nitrogens with zero attached hydrogens (tertiary/aromatic N) is 4. The molecule has 1 aliphatic rings. The van der Waals surface area contributed by atoms with Crippen molar-refractivity contribution in [2.24, 2.45) is 0 Å². The Kier molecular flexibility index (Phi) is 4.38. The van der Waals surface area contributed by atoms with E-state index in [2.05, 4.69) is 30.8 Å². The number of imidazole rings is 1. The van der Waals surface area contributed by atoms with Gasteiger partial charge in [0.25, 0.3) is 0 Å². The lowest BCUT2D eigenvalue weighted by atomic mass is 10.2. The molecule has 2 N–H and O–H groups in total. The number of fused-ring (bicyclic) bond motifs is 1. The zero-order chi connectivity index (χ0) is 17.2. The van der Waals surface area contributed by atoms with Crippen molar-refractivity contribution in [2.75, 3.05) is 31.1 Å². The molecule has 1 unspecified atom stereocenters. The molecular weight excluding hydrogens is 314 g/mol. The molecule has 6 heteroatoms. The van der Waals surface area contributed by atoms with Crippen LogP contribution in [0.25, 0.3) is 11.0 Å². The molecule has 0 aliphatic carbocycles. The average molecular weight is 337 g/mol. The second-order valence-electron chi connectivity index (χ2n) is 6.56. The van der Waals surface area contributed by atoms with Gasteiger partial charge in [-0.2, -0.15) is 0 Å². The first kappa shape index (κ1) is 16.1. The second-order valence-corrected chi connectivity index (χ2v) is 6.56. The minimum Gasteiger partial charge on any atom is -0.387 e. The van der Waals surface area contributed by atoms with Crippen molar-refractivity contribution in [3.8, 4) is 0 Å². The van der Waals surface area contributed by atoms with Gasteiger partial charge in [-0.25, -0.2) is 9.97 Å². The number of aromatic nitrogens is 3. The van der Waals surface area contributed by atoms with Gasteiger partial charge in [-0.3, -0.25) is 4.90 Å². The maximum Gasteiger partial charge on any atom is 0.129 e. The molecule has 4 rings (SSSR count). The SMILES string of the molecule is CC(O)c1cccc(N2CCN(Cc3nc4ccccc4[nH]3)CC2)n1. The van der Waals surface area contributed by atoms with Crippen LogP contribution in [0, 0.1) is 0 Å². The highest BCUT2D eigenvalue weighted by atomic mass is 16.3. The molecule has 6 nitrogen and oxygen atoms in total. The molecule has 3 aromatic rings. The minimum atomic E-state index is -0.533. The first-order valence-corrected chi connectivity index (χ1v) is 8.75. The Labute approximate surface area is 147 Å². The molecule has 0 saturated carbocycles. The Morgan fingerprint density at radius 2 is 1.84 bits per heavy atom. The van der Waals surface area contributed by atoms with Gasteiger partial charge in [0, 0.05) is 26.2 Å². The van der Waals surface area contributed by atoms with Crippen LogP contribution in [0.15, 0.2) is 42.5 Å². The third-order valence-corrected chi connectivity index (χ3v) is 4.69. The summed E-state index contributed by atoms with van der Waals surface area (Å²) in [7, 11) is 0. The maximum atomic E-state index is 9.71. The molecule has 25 heavy (non-hydrogen) atoms. The van der Waals surface area contributed by atoms with E-state index in [1.807, 2.05) is 36.4 Å². The van der Waals surface area contributed by atoms with Crippen LogP contribution >= 0.6 is 0 Å². The fraction of sp³-hybridized carbons (Fsp3) is 0.368. The number of piperazine rings is 1. The van der Waals surface area contributed by atoms with Gasteiger partial charge in [-0.05, 0) is 31.2 Å². The van der Waals surface area contributed by atoms with E-state index >= 15 is 0 Å². The highest BCUT2D eigenvalue weighted by Crippen LogP contribution is 2.18. The van der Waals surface area contributed by atoms with Crippen molar-refractivity contribution in [3.63, 3.8) is 0 Å². The lowest BCUT2D eigenvalue weighted by molar-refractivity contribution is 0.194. The summed E-state index contributed by atoms with van der Waals surface area (Å²) in [5.74, 6) is 1.96. The molecular formula is C19H23N5O. The molecule has 1 fully saturated rings. The van der Waals surface area contributed by atoms with E-state index in [0.717, 1.165) is 61.1 Å². The van der Waals surface area contributed by atoms with E-state index in [9.17, 15) is 5.11 Å². The number of H-pyrrole nitrogens is 1. The van der Waals surface area contributed by atoms with Gasteiger partial charge in [-0.15, -0.1) is 0 Å². The first-order chi connectivity index (χ1) is 12.2. The van der Waals surface area contributed by atoms with Crippen molar-refractivity contribution in [1.82, 2.24) is 19.9 Å². The van der Waals surface area contributed by atoms with E-state index in [1.54, 1.807) is 6.92 Å². The Morgan fingerprint density at radius 3 is 2.60 bits per heavy atom. The van der Waals surface area contributed by atoms with Crippen molar-refractivity contribution < 1.29 is 5.11 Å². The number of pyridine rings is 1. The zero-order valence-corrected chi connectivity index (χ0v) is 14.4. The second kappa shape index (κ2) is 6.82. The lowest BCUT2D eigenvalue weighted by Gasteiger charge is -2.35. The Balaban J connectivity index is 1.39. The van der Waals surface area contributed by atoms with Gasteiger partial charge in [0.05, 0.1) is 29.4 Å². The Morgan fingerprint density at radius 1 is 1.04 bits per heavy atom. The number of para-hydroxylation sites is 2. The van der Waals surface area contributed by atoms with E-state index in [0.29, 0.717) is 0 Å². The van der Waals surface area contributed by atoms with Crippen LogP contribution in [0.1, 0.15) is 24.5 Å². The smallest absolute Gasteiger partial charge is 0.129 e. The normalized spacial score (nSPS) is 17.1. The summed E-state index contributed by atoms with van der Waals surface area (Å²) in [6, 6.07) is 14.0. The Hall–Kier alpha value is -2.44. The average Bonchev–Trinajstić information content (AvgIpc) is 3.04. The topological polar surface area (TPSA) is 68.3 Å². The van der Waals surface area contributed by atoms with Gasteiger partial charge in [0.15, 0.2) is 0 Å². The van der Waals surface area contributed by atoms with Crippen LogP contribution in [-0.4, -0.2) is 51.1 Å². The van der Waals surface area contributed by atoms with Gasteiger partial charge in [0.2, 0.25) is 0 Å². The summed E-state index contributed by atoms with van der Waals surface area (Å²) < 4.78 is 0. The largest absolute Gasteiger partial charge is 0.387 e. The van der Waals surface area contributed by atoms with E-state index in [4.69, 9.17) is 0 Å². The fourth-order valence-electron chi connectivity index (χ4n) is 3.28. The summed E-state index contributed by atoms with van der Waals surface area (Å²) in [5.41, 5.74) is 2.84. The van der Waals surface area contributed by atoms with Crippen LogP contribution in [0.5, 0.6) is 0 Å². The van der Waals surface area contributed by atoms with Crippen LogP contribution in [0.2, 0.25) is 0 Å². The Bertz CT molecular complexity index is 819. The first-order valence-electron chi connectivity index (χ1n) is 8.75. The molecule has 0 spiro atoms. The summed E-state index contributed by atoms with van der Waals surface area (Å²) in [4.78, 5) is 17.3. The molecule has 2 aromatic heterocycles. The van der Waals surface area contributed by atoms with Crippen LogP contribution < -0.4 is 4.90 Å². The van der Waals surface area contributed by atoms with Crippen LogP contribution in [0.3, 0.4) is 0 Å². The number of anilines is 1. The van der Waals surface area contributed by atoms with Crippen molar-refractivity contribution in [1.29, 1.82) is 0 Å². The molecule has 1 atom stereocenters.